The van der Waals surface area contributed by atoms with E-state index in [0.29, 0.717) is 13.2 Å². The van der Waals surface area contributed by atoms with Crippen molar-refractivity contribution >= 4 is 15.9 Å². The van der Waals surface area contributed by atoms with Crippen molar-refractivity contribution in [3.63, 3.8) is 0 Å². The summed E-state index contributed by atoms with van der Waals surface area (Å²) in [7, 11) is 0. The van der Waals surface area contributed by atoms with Crippen molar-refractivity contribution in [3.05, 3.63) is 28.2 Å². The van der Waals surface area contributed by atoms with E-state index in [1.165, 1.54) is 0 Å². The Morgan fingerprint density at radius 2 is 2.06 bits per heavy atom. The van der Waals surface area contributed by atoms with Crippen LogP contribution in [0.15, 0.2) is 22.7 Å². The van der Waals surface area contributed by atoms with E-state index in [9.17, 15) is 0 Å². The van der Waals surface area contributed by atoms with Gasteiger partial charge in [0.2, 0.25) is 0 Å². The summed E-state index contributed by atoms with van der Waals surface area (Å²) in [6.07, 6.45) is 0.807. The lowest BCUT2D eigenvalue weighted by molar-refractivity contribution is 0.363. The third-order valence-corrected chi connectivity index (χ3v) is 2.84. The molecule has 0 amide bonds. The summed E-state index contributed by atoms with van der Waals surface area (Å²) in [5, 5.41) is 0. The second kappa shape index (κ2) is 6.82. The summed E-state index contributed by atoms with van der Waals surface area (Å²) in [6, 6.07) is 5.99. The standard InChI is InChI=1S/C15H20BrNO/c1-15(2,3)9-5-11-18-14-12(8-10-17)6-4-7-13(14)16/h4,6-7H,8,10-11,17H2,1-3H3. The van der Waals surface area contributed by atoms with Crippen LogP contribution in [-0.4, -0.2) is 13.2 Å². The maximum Gasteiger partial charge on any atom is 0.149 e. The van der Waals surface area contributed by atoms with Crippen LogP contribution >= 0.6 is 15.9 Å². The highest BCUT2D eigenvalue weighted by atomic mass is 79.9. The molecule has 0 spiro atoms. The monoisotopic (exact) mass is 309 g/mol. The molecule has 0 saturated carbocycles. The van der Waals surface area contributed by atoms with Gasteiger partial charge in [-0.1, -0.05) is 24.0 Å². The molecule has 98 valence electrons. The van der Waals surface area contributed by atoms with E-state index < -0.39 is 0 Å². The number of benzene rings is 1. The van der Waals surface area contributed by atoms with Gasteiger partial charge in [0.25, 0.3) is 0 Å². The first-order valence-corrected chi connectivity index (χ1v) is 6.83. The molecule has 1 rings (SSSR count). The predicted molar refractivity (Wildman–Crippen MR) is 79.6 cm³/mol. The van der Waals surface area contributed by atoms with Crippen LogP contribution in [0.2, 0.25) is 0 Å². The SMILES string of the molecule is CC(C)(C)C#CCOc1c(Br)cccc1CCN. The van der Waals surface area contributed by atoms with Crippen molar-refractivity contribution < 1.29 is 4.74 Å². The fourth-order valence-electron chi connectivity index (χ4n) is 1.48. The average molecular weight is 310 g/mol. The molecule has 0 aliphatic heterocycles. The third-order valence-electron chi connectivity index (χ3n) is 2.21. The Labute approximate surface area is 118 Å². The highest BCUT2D eigenvalue weighted by Crippen LogP contribution is 2.29. The topological polar surface area (TPSA) is 35.2 Å². The van der Waals surface area contributed by atoms with Gasteiger partial charge in [-0.05, 0) is 61.3 Å². The Kier molecular flexibility index (Phi) is 5.71. The molecule has 0 fully saturated rings. The van der Waals surface area contributed by atoms with Gasteiger partial charge in [-0.3, -0.25) is 0 Å². The van der Waals surface area contributed by atoms with E-state index in [0.717, 1.165) is 22.2 Å². The first-order chi connectivity index (χ1) is 8.44. The maximum atomic E-state index is 5.74. The second-order valence-corrected chi connectivity index (χ2v) is 5.96. The fraction of sp³-hybridized carbons (Fsp3) is 0.467. The van der Waals surface area contributed by atoms with Crippen molar-refractivity contribution in [2.24, 2.45) is 11.1 Å². The molecule has 0 aliphatic carbocycles. The Morgan fingerprint density at radius 3 is 2.67 bits per heavy atom. The van der Waals surface area contributed by atoms with Crippen molar-refractivity contribution in [1.29, 1.82) is 0 Å². The first kappa shape index (κ1) is 15.1. The molecule has 1 aromatic carbocycles. The Morgan fingerprint density at radius 1 is 1.33 bits per heavy atom. The van der Waals surface area contributed by atoms with Gasteiger partial charge in [0, 0.05) is 5.41 Å². The van der Waals surface area contributed by atoms with E-state index in [-0.39, 0.29) is 5.41 Å². The largest absolute Gasteiger partial charge is 0.479 e. The van der Waals surface area contributed by atoms with Crippen LogP contribution in [-0.2, 0) is 6.42 Å². The number of hydrogen-bond donors (Lipinski definition) is 1. The highest BCUT2D eigenvalue weighted by Gasteiger charge is 2.07. The van der Waals surface area contributed by atoms with Gasteiger partial charge in [0.15, 0.2) is 0 Å². The predicted octanol–water partition coefficient (Wildman–Crippen LogP) is 3.38. The average Bonchev–Trinajstić information content (AvgIpc) is 2.26. The Balaban J connectivity index is 2.74. The molecule has 0 aromatic heterocycles. The van der Waals surface area contributed by atoms with Gasteiger partial charge in [-0.2, -0.15) is 0 Å². The summed E-state index contributed by atoms with van der Waals surface area (Å²) in [5.74, 6) is 7.05. The maximum absolute atomic E-state index is 5.74. The smallest absolute Gasteiger partial charge is 0.149 e. The number of nitrogens with two attached hydrogens (primary N) is 1. The van der Waals surface area contributed by atoms with Crippen LogP contribution in [0.1, 0.15) is 26.3 Å². The zero-order valence-electron chi connectivity index (χ0n) is 11.2. The normalized spacial score (nSPS) is 10.7. The van der Waals surface area contributed by atoms with E-state index in [4.69, 9.17) is 10.5 Å². The first-order valence-electron chi connectivity index (χ1n) is 6.04. The molecular weight excluding hydrogens is 290 g/mol. The molecule has 0 aliphatic rings. The van der Waals surface area contributed by atoms with Crippen LogP contribution < -0.4 is 10.5 Å². The molecule has 1 aromatic rings. The lowest BCUT2D eigenvalue weighted by Crippen LogP contribution is -2.06. The molecule has 3 heteroatoms. The number of halogens is 1. The second-order valence-electron chi connectivity index (χ2n) is 5.11. The van der Waals surface area contributed by atoms with Crippen molar-refractivity contribution in [1.82, 2.24) is 0 Å². The third kappa shape index (κ3) is 5.12. The van der Waals surface area contributed by atoms with Gasteiger partial charge in [0.05, 0.1) is 4.47 Å². The minimum atomic E-state index is 0.0113. The quantitative estimate of drug-likeness (QED) is 0.865. The minimum Gasteiger partial charge on any atom is -0.479 e. The molecule has 2 N–H and O–H groups in total. The zero-order chi connectivity index (χ0) is 13.6. The van der Waals surface area contributed by atoms with Crippen LogP contribution in [0.25, 0.3) is 0 Å². The zero-order valence-corrected chi connectivity index (χ0v) is 12.8. The van der Waals surface area contributed by atoms with E-state index >= 15 is 0 Å². The van der Waals surface area contributed by atoms with Crippen molar-refractivity contribution in [2.45, 2.75) is 27.2 Å². The van der Waals surface area contributed by atoms with Crippen LogP contribution in [0, 0.1) is 17.3 Å². The van der Waals surface area contributed by atoms with Crippen molar-refractivity contribution in [2.75, 3.05) is 13.2 Å². The molecule has 0 saturated heterocycles. The molecule has 0 bridgehead atoms. The summed E-state index contributed by atoms with van der Waals surface area (Å²) in [4.78, 5) is 0. The number of rotatable bonds is 4. The number of ether oxygens (including phenoxy) is 1. The van der Waals surface area contributed by atoms with Crippen molar-refractivity contribution in [3.8, 4) is 17.6 Å². The highest BCUT2D eigenvalue weighted by molar-refractivity contribution is 9.10. The van der Waals surface area contributed by atoms with E-state index in [2.05, 4.69) is 48.5 Å². The molecule has 2 nitrogen and oxygen atoms in total. The van der Waals surface area contributed by atoms with Gasteiger partial charge in [-0.15, -0.1) is 0 Å². The minimum absolute atomic E-state index is 0.0113. The molecule has 18 heavy (non-hydrogen) atoms. The fourth-order valence-corrected chi connectivity index (χ4v) is 2.00. The lowest BCUT2D eigenvalue weighted by Gasteiger charge is -2.11. The molecular formula is C15H20BrNO. The Hall–Kier alpha value is -0.980. The van der Waals surface area contributed by atoms with Crippen LogP contribution in [0.4, 0.5) is 0 Å². The van der Waals surface area contributed by atoms with Gasteiger partial charge < -0.3 is 10.5 Å². The van der Waals surface area contributed by atoms with Crippen LogP contribution in [0.3, 0.4) is 0 Å². The molecule has 0 heterocycles. The van der Waals surface area contributed by atoms with Gasteiger partial charge in [-0.25, -0.2) is 0 Å². The number of para-hydroxylation sites is 1. The molecule has 0 atom stereocenters. The summed E-state index contributed by atoms with van der Waals surface area (Å²) < 4.78 is 6.69. The Bertz CT molecular complexity index is 452. The summed E-state index contributed by atoms with van der Waals surface area (Å²) >= 11 is 3.49. The molecule has 0 radical (unpaired) electrons. The molecule has 0 unspecified atom stereocenters. The van der Waals surface area contributed by atoms with Crippen LogP contribution in [0.5, 0.6) is 5.75 Å². The number of hydrogen-bond acceptors (Lipinski definition) is 2. The van der Waals surface area contributed by atoms with Gasteiger partial charge in [0.1, 0.15) is 12.4 Å². The lowest BCUT2D eigenvalue weighted by atomic mass is 9.98. The summed E-state index contributed by atoms with van der Waals surface area (Å²) in [5.41, 5.74) is 6.72. The van der Waals surface area contributed by atoms with Gasteiger partial charge >= 0.3 is 0 Å². The van der Waals surface area contributed by atoms with E-state index in [1.807, 2.05) is 18.2 Å². The van der Waals surface area contributed by atoms with E-state index in [1.54, 1.807) is 0 Å². The summed E-state index contributed by atoms with van der Waals surface area (Å²) in [6.45, 7) is 7.26.